The largest absolute Gasteiger partial charge is 0.497 e. The average molecular weight is 212 g/mol. The lowest BCUT2D eigenvalue weighted by molar-refractivity contribution is 0.362. The molecule has 2 nitrogen and oxygen atoms in total. The van der Waals surface area contributed by atoms with Crippen molar-refractivity contribution in [3.8, 4) is 11.5 Å². The Bertz CT molecular complexity index is 570. The van der Waals surface area contributed by atoms with Crippen LogP contribution in [0.2, 0.25) is 0 Å². The predicted octanol–water partition coefficient (Wildman–Crippen LogP) is 3.25. The van der Waals surface area contributed by atoms with Gasteiger partial charge in [-0.1, -0.05) is 24.3 Å². The van der Waals surface area contributed by atoms with Crippen LogP contribution in [0.1, 0.15) is 5.56 Å². The second kappa shape index (κ2) is 3.56. The molecule has 0 amide bonds. The summed E-state index contributed by atoms with van der Waals surface area (Å²) in [4.78, 5) is 0. The van der Waals surface area contributed by atoms with E-state index in [1.807, 2.05) is 18.2 Å². The van der Waals surface area contributed by atoms with Crippen LogP contribution in [0.15, 0.2) is 36.4 Å². The highest BCUT2D eigenvalue weighted by Crippen LogP contribution is 2.34. The molecule has 1 heterocycles. The van der Waals surface area contributed by atoms with Crippen LogP contribution in [0.25, 0.3) is 16.8 Å². The van der Waals surface area contributed by atoms with Crippen molar-refractivity contribution in [3.63, 3.8) is 0 Å². The molecule has 0 fully saturated rings. The highest BCUT2D eigenvalue weighted by molar-refractivity contribution is 5.93. The normalized spacial score (nSPS) is 13.3. The number of ether oxygens (including phenoxy) is 2. The van der Waals surface area contributed by atoms with Crippen LogP contribution in [-0.4, -0.2) is 13.7 Å². The van der Waals surface area contributed by atoms with Gasteiger partial charge in [-0.15, -0.1) is 0 Å². The topological polar surface area (TPSA) is 18.5 Å². The number of hydrogen-bond donors (Lipinski definition) is 0. The summed E-state index contributed by atoms with van der Waals surface area (Å²) in [6, 6.07) is 10.2. The summed E-state index contributed by atoms with van der Waals surface area (Å²) in [5, 5.41) is 2.29. The molecule has 2 aromatic carbocycles. The van der Waals surface area contributed by atoms with Gasteiger partial charge in [0.25, 0.3) is 0 Å². The minimum absolute atomic E-state index is 0.642. The van der Waals surface area contributed by atoms with Crippen molar-refractivity contribution in [2.45, 2.75) is 0 Å². The van der Waals surface area contributed by atoms with Crippen molar-refractivity contribution >= 4 is 16.8 Å². The number of rotatable bonds is 1. The average Bonchev–Trinajstić information content (AvgIpc) is 2.38. The summed E-state index contributed by atoms with van der Waals surface area (Å²) in [5.74, 6) is 1.82. The molecule has 1 aliphatic rings. The number of fused-ring (bicyclic) bond motifs is 3. The van der Waals surface area contributed by atoms with Gasteiger partial charge in [0.2, 0.25) is 0 Å². The molecular weight excluding hydrogens is 200 g/mol. The number of methoxy groups -OCH3 is 1. The molecule has 0 aliphatic carbocycles. The fourth-order valence-electron chi connectivity index (χ4n) is 2.01. The smallest absolute Gasteiger partial charge is 0.134 e. The maximum atomic E-state index is 5.69. The Hall–Kier alpha value is -1.96. The lowest BCUT2D eigenvalue weighted by Crippen LogP contribution is -2.00. The van der Waals surface area contributed by atoms with Crippen molar-refractivity contribution in [2.24, 2.45) is 0 Å². The quantitative estimate of drug-likeness (QED) is 0.722. The third-order valence-corrected chi connectivity index (χ3v) is 2.83. The lowest BCUT2D eigenvalue weighted by Gasteiger charge is -2.15. The summed E-state index contributed by atoms with van der Waals surface area (Å²) in [6.07, 6.45) is 4.12. The maximum Gasteiger partial charge on any atom is 0.134 e. The third-order valence-electron chi connectivity index (χ3n) is 2.83. The summed E-state index contributed by atoms with van der Waals surface area (Å²) >= 11 is 0. The highest BCUT2D eigenvalue weighted by atomic mass is 16.5. The standard InChI is InChI=1S/C14H12O2/c1-15-12-7-6-10-4-5-11-3-2-8-16-14(11)13(10)9-12/h2-7,9H,8H2,1H3. The Morgan fingerprint density at radius 2 is 2.06 bits per heavy atom. The van der Waals surface area contributed by atoms with Crippen molar-refractivity contribution in [1.29, 1.82) is 0 Å². The van der Waals surface area contributed by atoms with Gasteiger partial charge < -0.3 is 9.47 Å². The van der Waals surface area contributed by atoms with E-state index in [9.17, 15) is 0 Å². The summed E-state index contributed by atoms with van der Waals surface area (Å²) in [7, 11) is 1.68. The molecule has 0 saturated carbocycles. The van der Waals surface area contributed by atoms with Crippen molar-refractivity contribution < 1.29 is 9.47 Å². The minimum atomic E-state index is 0.642. The van der Waals surface area contributed by atoms with E-state index in [2.05, 4.69) is 24.3 Å². The zero-order valence-corrected chi connectivity index (χ0v) is 9.07. The number of hydrogen-bond acceptors (Lipinski definition) is 2. The molecule has 0 aromatic heterocycles. The van der Waals surface area contributed by atoms with E-state index in [0.717, 1.165) is 22.4 Å². The van der Waals surface area contributed by atoms with Gasteiger partial charge >= 0.3 is 0 Å². The maximum absolute atomic E-state index is 5.69. The molecule has 16 heavy (non-hydrogen) atoms. The molecule has 0 atom stereocenters. The minimum Gasteiger partial charge on any atom is -0.497 e. The highest BCUT2D eigenvalue weighted by Gasteiger charge is 2.10. The van der Waals surface area contributed by atoms with E-state index >= 15 is 0 Å². The fraction of sp³-hybridized carbons (Fsp3) is 0.143. The molecule has 2 heteroatoms. The van der Waals surface area contributed by atoms with Crippen molar-refractivity contribution in [1.82, 2.24) is 0 Å². The Morgan fingerprint density at radius 3 is 2.94 bits per heavy atom. The summed E-state index contributed by atoms with van der Waals surface area (Å²) < 4.78 is 10.9. The number of benzene rings is 2. The van der Waals surface area contributed by atoms with Gasteiger partial charge in [-0.25, -0.2) is 0 Å². The van der Waals surface area contributed by atoms with E-state index < -0.39 is 0 Å². The van der Waals surface area contributed by atoms with Crippen LogP contribution in [0.3, 0.4) is 0 Å². The monoisotopic (exact) mass is 212 g/mol. The van der Waals surface area contributed by atoms with Gasteiger partial charge in [0.1, 0.15) is 18.1 Å². The second-order valence-corrected chi connectivity index (χ2v) is 3.78. The zero-order chi connectivity index (χ0) is 11.0. The van der Waals surface area contributed by atoms with Crippen molar-refractivity contribution in [3.05, 3.63) is 42.0 Å². The van der Waals surface area contributed by atoms with Gasteiger partial charge in [-0.3, -0.25) is 0 Å². The van der Waals surface area contributed by atoms with Crippen LogP contribution in [0, 0.1) is 0 Å². The van der Waals surface area contributed by atoms with Gasteiger partial charge in [-0.2, -0.15) is 0 Å². The lowest BCUT2D eigenvalue weighted by atomic mass is 10.0. The molecule has 0 bridgehead atoms. The first-order valence-electron chi connectivity index (χ1n) is 5.28. The predicted molar refractivity (Wildman–Crippen MR) is 65.0 cm³/mol. The van der Waals surface area contributed by atoms with E-state index in [1.165, 1.54) is 5.39 Å². The molecule has 3 rings (SSSR count). The molecular formula is C14H12O2. The first-order chi connectivity index (χ1) is 7.88. The molecule has 0 unspecified atom stereocenters. The fourth-order valence-corrected chi connectivity index (χ4v) is 2.01. The Balaban J connectivity index is 2.32. The summed E-state index contributed by atoms with van der Waals surface area (Å²) in [6.45, 7) is 0.642. The van der Waals surface area contributed by atoms with E-state index in [0.29, 0.717) is 6.61 Å². The van der Waals surface area contributed by atoms with E-state index in [4.69, 9.17) is 9.47 Å². The van der Waals surface area contributed by atoms with Crippen LogP contribution in [-0.2, 0) is 0 Å². The Morgan fingerprint density at radius 1 is 1.19 bits per heavy atom. The molecule has 80 valence electrons. The third kappa shape index (κ3) is 1.34. The first-order valence-corrected chi connectivity index (χ1v) is 5.28. The SMILES string of the molecule is COc1ccc2ccc3c(c2c1)OCC=C3. The van der Waals surface area contributed by atoms with E-state index in [-0.39, 0.29) is 0 Å². The van der Waals surface area contributed by atoms with Crippen LogP contribution >= 0.6 is 0 Å². The molecule has 0 N–H and O–H groups in total. The zero-order valence-electron chi connectivity index (χ0n) is 9.07. The van der Waals surface area contributed by atoms with Crippen LogP contribution < -0.4 is 9.47 Å². The molecule has 0 radical (unpaired) electrons. The molecule has 0 saturated heterocycles. The van der Waals surface area contributed by atoms with Gasteiger partial charge in [-0.05, 0) is 23.6 Å². The summed E-state index contributed by atoms with van der Waals surface area (Å²) in [5.41, 5.74) is 1.13. The van der Waals surface area contributed by atoms with Crippen LogP contribution in [0.5, 0.6) is 11.5 Å². The van der Waals surface area contributed by atoms with E-state index in [1.54, 1.807) is 7.11 Å². The molecule has 0 spiro atoms. The van der Waals surface area contributed by atoms with Gasteiger partial charge in [0, 0.05) is 10.9 Å². The Kier molecular flexibility index (Phi) is 2.07. The second-order valence-electron chi connectivity index (χ2n) is 3.78. The first kappa shape index (κ1) is 9.28. The Labute approximate surface area is 94.1 Å². The van der Waals surface area contributed by atoms with Crippen molar-refractivity contribution in [2.75, 3.05) is 13.7 Å². The molecule has 2 aromatic rings. The van der Waals surface area contributed by atoms with Gasteiger partial charge in [0.15, 0.2) is 0 Å². The van der Waals surface area contributed by atoms with Gasteiger partial charge in [0.05, 0.1) is 7.11 Å². The van der Waals surface area contributed by atoms with Crippen LogP contribution in [0.4, 0.5) is 0 Å². The molecule has 1 aliphatic heterocycles.